The lowest BCUT2D eigenvalue weighted by Crippen LogP contribution is -2.40. The second kappa shape index (κ2) is 5.35. The SMILES string of the molecule is O=C(O)CCCc1ccc2c(c1)OC1(CCCCC1)O2. The number of fused-ring (bicyclic) bond motifs is 1. The van der Waals surface area contributed by atoms with Gasteiger partial charge >= 0.3 is 5.97 Å². The van der Waals surface area contributed by atoms with Gasteiger partial charge in [-0.2, -0.15) is 0 Å². The van der Waals surface area contributed by atoms with E-state index in [1.807, 2.05) is 18.2 Å². The minimum absolute atomic E-state index is 0.207. The Bertz CT molecular complexity index is 503. The van der Waals surface area contributed by atoms with E-state index in [0.29, 0.717) is 6.42 Å². The van der Waals surface area contributed by atoms with Gasteiger partial charge in [-0.25, -0.2) is 0 Å². The van der Waals surface area contributed by atoms with Crippen molar-refractivity contribution in [3.8, 4) is 11.5 Å². The monoisotopic (exact) mass is 276 g/mol. The summed E-state index contributed by atoms with van der Waals surface area (Å²) < 4.78 is 12.1. The molecule has 2 aliphatic rings. The average Bonchev–Trinajstić information content (AvgIpc) is 2.76. The van der Waals surface area contributed by atoms with Gasteiger partial charge in [0.1, 0.15) is 0 Å². The summed E-state index contributed by atoms with van der Waals surface area (Å²) in [5.41, 5.74) is 1.11. The molecule has 1 spiro atoms. The van der Waals surface area contributed by atoms with Crippen LogP contribution in [0, 0.1) is 0 Å². The fraction of sp³-hybridized carbons (Fsp3) is 0.562. The highest BCUT2D eigenvalue weighted by Crippen LogP contribution is 2.45. The van der Waals surface area contributed by atoms with Gasteiger partial charge in [-0.3, -0.25) is 4.79 Å². The Labute approximate surface area is 118 Å². The first-order valence-corrected chi connectivity index (χ1v) is 7.40. The second-order valence-corrected chi connectivity index (χ2v) is 5.70. The van der Waals surface area contributed by atoms with Gasteiger partial charge in [0.2, 0.25) is 0 Å². The van der Waals surface area contributed by atoms with Crippen molar-refractivity contribution in [3.63, 3.8) is 0 Å². The van der Waals surface area contributed by atoms with E-state index in [4.69, 9.17) is 14.6 Å². The lowest BCUT2D eigenvalue weighted by molar-refractivity contribution is -0.137. The minimum atomic E-state index is -0.744. The third kappa shape index (κ3) is 2.74. The smallest absolute Gasteiger partial charge is 0.303 e. The highest BCUT2D eigenvalue weighted by Gasteiger charge is 2.42. The number of carbonyl (C=O) groups is 1. The fourth-order valence-electron chi connectivity index (χ4n) is 3.03. The van der Waals surface area contributed by atoms with Crippen LogP contribution in [-0.2, 0) is 11.2 Å². The molecule has 1 aliphatic heterocycles. The van der Waals surface area contributed by atoms with Gasteiger partial charge in [-0.05, 0) is 43.4 Å². The minimum Gasteiger partial charge on any atom is -0.481 e. The Balaban J connectivity index is 1.66. The molecule has 4 heteroatoms. The number of ether oxygens (including phenoxy) is 2. The Morgan fingerprint density at radius 1 is 1.15 bits per heavy atom. The summed E-state index contributed by atoms with van der Waals surface area (Å²) in [6, 6.07) is 5.96. The van der Waals surface area contributed by atoms with E-state index >= 15 is 0 Å². The molecule has 1 heterocycles. The molecule has 4 nitrogen and oxygen atoms in total. The number of hydrogen-bond acceptors (Lipinski definition) is 3. The third-order valence-corrected chi connectivity index (χ3v) is 4.07. The lowest BCUT2D eigenvalue weighted by atomic mass is 9.94. The van der Waals surface area contributed by atoms with E-state index in [2.05, 4.69) is 0 Å². The molecule has 3 rings (SSSR count). The third-order valence-electron chi connectivity index (χ3n) is 4.07. The van der Waals surface area contributed by atoms with Crippen LogP contribution in [-0.4, -0.2) is 16.9 Å². The number of aryl methyl sites for hydroxylation is 1. The van der Waals surface area contributed by atoms with Crippen LogP contribution in [0.25, 0.3) is 0 Å². The van der Waals surface area contributed by atoms with Gasteiger partial charge in [0.25, 0.3) is 5.79 Å². The van der Waals surface area contributed by atoms with Crippen molar-refractivity contribution >= 4 is 5.97 Å². The van der Waals surface area contributed by atoms with E-state index < -0.39 is 11.8 Å². The van der Waals surface area contributed by atoms with Crippen LogP contribution in [0.3, 0.4) is 0 Å². The number of rotatable bonds is 4. The van der Waals surface area contributed by atoms with Crippen molar-refractivity contribution in [2.45, 2.75) is 57.2 Å². The summed E-state index contributed by atoms with van der Waals surface area (Å²) in [4.78, 5) is 10.5. The van der Waals surface area contributed by atoms with E-state index in [1.165, 1.54) is 6.42 Å². The largest absolute Gasteiger partial charge is 0.481 e. The van der Waals surface area contributed by atoms with Crippen LogP contribution < -0.4 is 9.47 Å². The molecule has 1 aromatic carbocycles. The molecular formula is C16H20O4. The molecule has 20 heavy (non-hydrogen) atoms. The predicted octanol–water partition coefficient (Wildman–Crippen LogP) is 3.53. The zero-order valence-electron chi connectivity index (χ0n) is 11.6. The Kier molecular flexibility index (Phi) is 3.55. The van der Waals surface area contributed by atoms with Gasteiger partial charge in [0.15, 0.2) is 11.5 Å². The summed E-state index contributed by atoms with van der Waals surface area (Å²) in [5.74, 6) is 0.473. The quantitative estimate of drug-likeness (QED) is 0.914. The van der Waals surface area contributed by atoms with E-state index in [1.54, 1.807) is 0 Å². The second-order valence-electron chi connectivity index (χ2n) is 5.70. The highest BCUT2D eigenvalue weighted by atomic mass is 16.7. The molecule has 0 radical (unpaired) electrons. The summed E-state index contributed by atoms with van der Waals surface area (Å²) in [7, 11) is 0. The number of hydrogen-bond donors (Lipinski definition) is 1. The number of benzene rings is 1. The van der Waals surface area contributed by atoms with Crippen molar-refractivity contribution in [3.05, 3.63) is 23.8 Å². The first kappa shape index (κ1) is 13.3. The maximum Gasteiger partial charge on any atom is 0.303 e. The number of carboxylic acid groups (broad SMARTS) is 1. The molecule has 1 saturated carbocycles. The summed E-state index contributed by atoms with van der Waals surface area (Å²) in [6.07, 6.45) is 7.09. The summed E-state index contributed by atoms with van der Waals surface area (Å²) >= 11 is 0. The predicted molar refractivity (Wildman–Crippen MR) is 74.1 cm³/mol. The zero-order valence-corrected chi connectivity index (χ0v) is 11.6. The molecule has 1 N–H and O–H groups in total. The van der Waals surface area contributed by atoms with Gasteiger partial charge in [0.05, 0.1) is 0 Å². The average molecular weight is 276 g/mol. The maximum atomic E-state index is 10.5. The van der Waals surface area contributed by atoms with Crippen LogP contribution in [0.15, 0.2) is 18.2 Å². The van der Waals surface area contributed by atoms with Crippen molar-refractivity contribution in [2.24, 2.45) is 0 Å². The van der Waals surface area contributed by atoms with Crippen LogP contribution in [0.1, 0.15) is 50.5 Å². The van der Waals surface area contributed by atoms with Crippen LogP contribution in [0.5, 0.6) is 11.5 Å². The summed E-state index contributed by atoms with van der Waals surface area (Å²) in [6.45, 7) is 0. The molecule has 108 valence electrons. The number of carboxylic acids is 1. The first-order valence-electron chi connectivity index (χ1n) is 7.40. The number of aliphatic carboxylic acids is 1. The van der Waals surface area contributed by atoms with Crippen molar-refractivity contribution in [1.29, 1.82) is 0 Å². The fourth-order valence-corrected chi connectivity index (χ4v) is 3.03. The van der Waals surface area contributed by atoms with Crippen molar-refractivity contribution in [1.82, 2.24) is 0 Å². The van der Waals surface area contributed by atoms with Crippen LogP contribution in [0.2, 0.25) is 0 Å². The first-order chi connectivity index (χ1) is 9.67. The molecule has 1 aromatic rings. The van der Waals surface area contributed by atoms with Crippen LogP contribution in [0.4, 0.5) is 0 Å². The Hall–Kier alpha value is -1.71. The molecule has 0 unspecified atom stereocenters. The lowest BCUT2D eigenvalue weighted by Gasteiger charge is -2.31. The molecule has 0 amide bonds. The van der Waals surface area contributed by atoms with Gasteiger partial charge in [-0.1, -0.05) is 12.5 Å². The summed E-state index contributed by atoms with van der Waals surface area (Å²) in [5, 5.41) is 8.67. The Morgan fingerprint density at radius 2 is 1.90 bits per heavy atom. The normalized spacial score (nSPS) is 19.2. The molecular weight excluding hydrogens is 256 g/mol. The molecule has 0 atom stereocenters. The van der Waals surface area contributed by atoms with E-state index in [-0.39, 0.29) is 6.42 Å². The van der Waals surface area contributed by atoms with Gasteiger partial charge in [0, 0.05) is 19.3 Å². The molecule has 1 aliphatic carbocycles. The van der Waals surface area contributed by atoms with Crippen LogP contribution >= 0.6 is 0 Å². The van der Waals surface area contributed by atoms with Crippen molar-refractivity contribution in [2.75, 3.05) is 0 Å². The molecule has 0 bridgehead atoms. The molecule has 0 aromatic heterocycles. The van der Waals surface area contributed by atoms with E-state index in [9.17, 15) is 4.79 Å². The highest BCUT2D eigenvalue weighted by molar-refractivity contribution is 5.66. The topological polar surface area (TPSA) is 55.8 Å². The van der Waals surface area contributed by atoms with Gasteiger partial charge in [-0.15, -0.1) is 0 Å². The van der Waals surface area contributed by atoms with Crippen molar-refractivity contribution < 1.29 is 19.4 Å². The Morgan fingerprint density at radius 3 is 2.65 bits per heavy atom. The zero-order chi connectivity index (χ0) is 14.0. The van der Waals surface area contributed by atoms with Gasteiger partial charge < -0.3 is 14.6 Å². The maximum absolute atomic E-state index is 10.5. The van der Waals surface area contributed by atoms with E-state index in [0.717, 1.165) is 49.2 Å². The molecule has 1 fully saturated rings. The molecule has 0 saturated heterocycles. The standard InChI is InChI=1S/C16H20O4/c17-15(18)6-4-5-12-7-8-13-14(11-12)20-16(19-13)9-2-1-3-10-16/h7-8,11H,1-6,9-10H2,(H,17,18).